The van der Waals surface area contributed by atoms with Gasteiger partial charge in [-0.1, -0.05) is 24.3 Å². The van der Waals surface area contributed by atoms with Crippen LogP contribution in [0.2, 0.25) is 0 Å². The second-order valence-corrected chi connectivity index (χ2v) is 8.57. The number of aromatic nitrogens is 1. The molecule has 0 fully saturated rings. The molecule has 22 heavy (non-hydrogen) atoms. The maximum absolute atomic E-state index is 12.4. The van der Waals surface area contributed by atoms with E-state index in [0.717, 1.165) is 23.5 Å². The first kappa shape index (κ1) is 15.6. The van der Waals surface area contributed by atoms with Gasteiger partial charge in [0.05, 0.1) is 5.69 Å². The lowest BCUT2D eigenvalue weighted by Gasteiger charge is -2.26. The highest BCUT2D eigenvalue weighted by atomic mass is 32.2. The fraction of sp³-hybridized carbons (Fsp3) is 0.400. The van der Waals surface area contributed by atoms with Gasteiger partial charge in [0.1, 0.15) is 0 Å². The molecule has 1 atom stereocenters. The van der Waals surface area contributed by atoms with Gasteiger partial charge in [0.15, 0.2) is 0 Å². The largest absolute Gasteiger partial charge is 0.308 e. The van der Waals surface area contributed by atoms with E-state index in [-0.39, 0.29) is 10.4 Å². The van der Waals surface area contributed by atoms with Gasteiger partial charge in [0.2, 0.25) is 4.34 Å². The van der Waals surface area contributed by atoms with Gasteiger partial charge in [0.25, 0.3) is 10.0 Å². The third-order valence-corrected chi connectivity index (χ3v) is 6.81. The second kappa shape index (κ2) is 6.08. The molecule has 1 aliphatic heterocycles. The highest BCUT2D eigenvalue weighted by molar-refractivity contribution is 7.91. The minimum absolute atomic E-state index is 0.00174. The van der Waals surface area contributed by atoms with Crippen LogP contribution in [0.15, 0.2) is 28.6 Å². The Kier molecular flexibility index (Phi) is 4.31. The summed E-state index contributed by atoms with van der Waals surface area (Å²) >= 11 is 1.21. The molecule has 5 nitrogen and oxygen atoms in total. The molecule has 2 N–H and O–H groups in total. The molecule has 0 saturated heterocycles. The van der Waals surface area contributed by atoms with Crippen LogP contribution in [0, 0.1) is 13.8 Å². The van der Waals surface area contributed by atoms with Gasteiger partial charge < -0.3 is 5.32 Å². The Labute approximate surface area is 134 Å². The van der Waals surface area contributed by atoms with Crippen LogP contribution in [-0.4, -0.2) is 26.5 Å². The SMILES string of the molecule is Cc1nc(S(=O)(=O)NCC2NCCc3ccccc32)sc1C. The lowest BCUT2D eigenvalue weighted by molar-refractivity contribution is 0.491. The molecular weight excluding hydrogens is 318 g/mol. The zero-order valence-electron chi connectivity index (χ0n) is 12.6. The molecule has 0 amide bonds. The Bertz CT molecular complexity index is 764. The number of thiazole rings is 1. The Balaban J connectivity index is 1.75. The first-order chi connectivity index (χ1) is 10.5. The minimum atomic E-state index is -3.55. The lowest BCUT2D eigenvalue weighted by atomic mass is 9.95. The van der Waals surface area contributed by atoms with Crippen LogP contribution in [-0.2, 0) is 16.4 Å². The number of sulfonamides is 1. The van der Waals surface area contributed by atoms with Crippen LogP contribution >= 0.6 is 11.3 Å². The molecule has 2 heterocycles. The van der Waals surface area contributed by atoms with Crippen LogP contribution in [0.1, 0.15) is 27.7 Å². The minimum Gasteiger partial charge on any atom is -0.308 e. The normalized spacial score (nSPS) is 18.2. The Morgan fingerprint density at radius 3 is 2.86 bits per heavy atom. The fourth-order valence-electron chi connectivity index (χ4n) is 2.59. The molecule has 0 radical (unpaired) electrons. The zero-order valence-corrected chi connectivity index (χ0v) is 14.2. The number of fused-ring (bicyclic) bond motifs is 1. The monoisotopic (exact) mass is 337 g/mol. The van der Waals surface area contributed by atoms with E-state index in [1.165, 1.54) is 22.5 Å². The molecule has 7 heteroatoms. The number of hydrogen-bond acceptors (Lipinski definition) is 5. The molecule has 3 rings (SSSR count). The van der Waals surface area contributed by atoms with Crippen LogP contribution < -0.4 is 10.0 Å². The number of benzene rings is 1. The summed E-state index contributed by atoms with van der Waals surface area (Å²) < 4.78 is 27.6. The summed E-state index contributed by atoms with van der Waals surface area (Å²) in [5, 5.41) is 3.37. The first-order valence-electron chi connectivity index (χ1n) is 7.22. The average Bonchev–Trinajstić information content (AvgIpc) is 2.85. The van der Waals surface area contributed by atoms with Crippen molar-refractivity contribution in [3.8, 4) is 0 Å². The molecule has 0 aliphatic carbocycles. The van der Waals surface area contributed by atoms with Crippen molar-refractivity contribution in [2.75, 3.05) is 13.1 Å². The summed E-state index contributed by atoms with van der Waals surface area (Å²) in [6, 6.07) is 8.17. The van der Waals surface area contributed by atoms with Crippen molar-refractivity contribution in [1.82, 2.24) is 15.0 Å². The predicted octanol–water partition coefficient (Wildman–Crippen LogP) is 1.93. The molecule has 0 bridgehead atoms. The summed E-state index contributed by atoms with van der Waals surface area (Å²) in [5.41, 5.74) is 3.22. The van der Waals surface area contributed by atoms with E-state index in [1.54, 1.807) is 0 Å². The molecule has 0 saturated carbocycles. The quantitative estimate of drug-likeness (QED) is 0.894. The van der Waals surface area contributed by atoms with Crippen molar-refractivity contribution in [2.24, 2.45) is 0 Å². The van der Waals surface area contributed by atoms with Gasteiger partial charge in [0, 0.05) is 17.5 Å². The van der Waals surface area contributed by atoms with Gasteiger partial charge in [-0.25, -0.2) is 18.1 Å². The molecule has 1 aliphatic rings. The Hall–Kier alpha value is -1.28. The van der Waals surface area contributed by atoms with Gasteiger partial charge in [-0.2, -0.15) is 0 Å². The van der Waals surface area contributed by atoms with Crippen molar-refractivity contribution in [1.29, 1.82) is 0 Å². The number of nitrogens with zero attached hydrogens (tertiary/aromatic N) is 1. The van der Waals surface area contributed by atoms with Gasteiger partial charge in [-0.3, -0.25) is 0 Å². The van der Waals surface area contributed by atoms with Crippen molar-refractivity contribution < 1.29 is 8.42 Å². The number of aryl methyl sites for hydroxylation is 2. The Morgan fingerprint density at radius 1 is 1.36 bits per heavy atom. The predicted molar refractivity (Wildman–Crippen MR) is 87.7 cm³/mol. The topological polar surface area (TPSA) is 71.1 Å². The van der Waals surface area contributed by atoms with Crippen LogP contribution in [0.5, 0.6) is 0 Å². The van der Waals surface area contributed by atoms with Gasteiger partial charge in [-0.05, 0) is 37.9 Å². The van der Waals surface area contributed by atoms with Gasteiger partial charge >= 0.3 is 0 Å². The van der Waals surface area contributed by atoms with E-state index in [1.807, 2.05) is 26.0 Å². The second-order valence-electron chi connectivity index (χ2n) is 5.43. The van der Waals surface area contributed by atoms with Crippen molar-refractivity contribution in [3.63, 3.8) is 0 Å². The van der Waals surface area contributed by atoms with Crippen LogP contribution in [0.25, 0.3) is 0 Å². The van der Waals surface area contributed by atoms with Gasteiger partial charge in [-0.15, -0.1) is 11.3 Å². The molecule has 1 aromatic heterocycles. The number of hydrogen-bond donors (Lipinski definition) is 2. The van der Waals surface area contributed by atoms with E-state index in [9.17, 15) is 8.42 Å². The summed E-state index contributed by atoms with van der Waals surface area (Å²) in [5.74, 6) is 0. The summed E-state index contributed by atoms with van der Waals surface area (Å²) in [6.45, 7) is 4.89. The molecule has 2 aromatic rings. The van der Waals surface area contributed by atoms with E-state index in [4.69, 9.17) is 0 Å². The molecule has 1 unspecified atom stereocenters. The summed E-state index contributed by atoms with van der Waals surface area (Å²) in [4.78, 5) is 5.07. The van der Waals surface area contributed by atoms with Crippen molar-refractivity contribution in [3.05, 3.63) is 46.0 Å². The molecule has 0 spiro atoms. The number of rotatable bonds is 4. The van der Waals surface area contributed by atoms with Crippen LogP contribution in [0.3, 0.4) is 0 Å². The number of nitrogens with one attached hydrogen (secondary N) is 2. The fourth-order valence-corrected chi connectivity index (χ4v) is 4.98. The summed E-state index contributed by atoms with van der Waals surface area (Å²) in [7, 11) is -3.55. The van der Waals surface area contributed by atoms with E-state index in [2.05, 4.69) is 27.2 Å². The average molecular weight is 337 g/mol. The molecular formula is C15H19N3O2S2. The van der Waals surface area contributed by atoms with E-state index >= 15 is 0 Å². The third kappa shape index (κ3) is 3.08. The summed E-state index contributed by atoms with van der Waals surface area (Å²) in [6.07, 6.45) is 0.976. The molecule has 1 aromatic carbocycles. The maximum atomic E-state index is 12.4. The maximum Gasteiger partial charge on any atom is 0.267 e. The van der Waals surface area contributed by atoms with Crippen LogP contribution in [0.4, 0.5) is 0 Å². The van der Waals surface area contributed by atoms with Crippen molar-refractivity contribution in [2.45, 2.75) is 30.6 Å². The van der Waals surface area contributed by atoms with E-state index in [0.29, 0.717) is 6.54 Å². The lowest BCUT2D eigenvalue weighted by Crippen LogP contribution is -2.38. The van der Waals surface area contributed by atoms with Crippen molar-refractivity contribution >= 4 is 21.4 Å². The molecule has 118 valence electrons. The Morgan fingerprint density at radius 2 is 2.14 bits per heavy atom. The zero-order chi connectivity index (χ0) is 15.7. The standard InChI is InChI=1S/C15H19N3O2S2/c1-10-11(2)21-15(18-10)22(19,20)17-9-14-13-6-4-3-5-12(13)7-8-16-14/h3-6,14,16-17H,7-9H2,1-2H3. The third-order valence-electron chi connectivity index (χ3n) is 3.93. The smallest absolute Gasteiger partial charge is 0.267 e. The highest BCUT2D eigenvalue weighted by Crippen LogP contribution is 2.24. The first-order valence-corrected chi connectivity index (χ1v) is 9.52. The highest BCUT2D eigenvalue weighted by Gasteiger charge is 2.24. The van der Waals surface area contributed by atoms with E-state index < -0.39 is 10.0 Å².